The van der Waals surface area contributed by atoms with Gasteiger partial charge in [0.1, 0.15) is 0 Å². The third kappa shape index (κ3) is 2.52. The van der Waals surface area contributed by atoms with Gasteiger partial charge in [0.25, 0.3) is 0 Å². The molecule has 0 saturated heterocycles. The van der Waals surface area contributed by atoms with Gasteiger partial charge in [0.05, 0.1) is 24.8 Å². The molecule has 0 spiro atoms. The molecule has 0 aliphatic rings. The zero-order chi connectivity index (χ0) is 11.3. The molecule has 0 aliphatic heterocycles. The van der Waals surface area contributed by atoms with Gasteiger partial charge < -0.3 is 9.47 Å². The lowest BCUT2D eigenvalue weighted by atomic mass is 10.1. The number of pyridine rings is 1. The minimum absolute atomic E-state index is 0.117. The maximum absolute atomic E-state index is 11.4. The van der Waals surface area contributed by atoms with E-state index in [0.717, 1.165) is 0 Å². The Morgan fingerprint density at radius 3 is 2.67 bits per heavy atom. The Morgan fingerprint density at radius 1 is 1.33 bits per heavy atom. The van der Waals surface area contributed by atoms with Crippen LogP contribution in [0.4, 0.5) is 0 Å². The Morgan fingerprint density at radius 2 is 2.07 bits per heavy atom. The summed E-state index contributed by atoms with van der Waals surface area (Å²) in [5.74, 6) is -1.16. The molecule has 5 nitrogen and oxygen atoms in total. The average Bonchev–Trinajstić information content (AvgIpc) is 2.28. The first-order valence-corrected chi connectivity index (χ1v) is 4.40. The zero-order valence-electron chi connectivity index (χ0n) is 8.52. The number of carbonyl (C=O) groups is 2. The highest BCUT2D eigenvalue weighted by Crippen LogP contribution is 2.09. The van der Waals surface area contributed by atoms with Crippen LogP contribution < -0.4 is 0 Å². The van der Waals surface area contributed by atoms with E-state index in [0.29, 0.717) is 0 Å². The molecule has 0 aromatic carbocycles. The summed E-state index contributed by atoms with van der Waals surface area (Å²) in [6.07, 6.45) is 2.69. The number of carbonyl (C=O) groups excluding carboxylic acids is 2. The molecule has 0 aliphatic carbocycles. The molecule has 0 N–H and O–H groups in total. The van der Waals surface area contributed by atoms with Gasteiger partial charge in [-0.25, -0.2) is 9.59 Å². The van der Waals surface area contributed by atoms with Crippen molar-refractivity contribution in [2.24, 2.45) is 0 Å². The van der Waals surface area contributed by atoms with Crippen molar-refractivity contribution in [2.45, 2.75) is 6.92 Å². The van der Waals surface area contributed by atoms with Crippen molar-refractivity contribution in [3.05, 3.63) is 29.6 Å². The topological polar surface area (TPSA) is 65.5 Å². The van der Waals surface area contributed by atoms with Crippen LogP contribution in [0.25, 0.3) is 0 Å². The Kier molecular flexibility index (Phi) is 3.79. The first-order chi connectivity index (χ1) is 7.20. The van der Waals surface area contributed by atoms with E-state index in [9.17, 15) is 9.59 Å². The molecular weight excluding hydrogens is 198 g/mol. The molecule has 0 bridgehead atoms. The van der Waals surface area contributed by atoms with Crippen molar-refractivity contribution in [1.82, 2.24) is 4.98 Å². The van der Waals surface area contributed by atoms with Gasteiger partial charge in [-0.15, -0.1) is 0 Å². The van der Waals surface area contributed by atoms with E-state index in [-0.39, 0.29) is 17.7 Å². The van der Waals surface area contributed by atoms with Crippen LogP contribution in [0.1, 0.15) is 27.6 Å². The van der Waals surface area contributed by atoms with Crippen LogP contribution in [-0.4, -0.2) is 30.6 Å². The summed E-state index contributed by atoms with van der Waals surface area (Å²) in [6.45, 7) is 1.93. The van der Waals surface area contributed by atoms with Crippen LogP contribution in [0.2, 0.25) is 0 Å². The van der Waals surface area contributed by atoms with Crippen molar-refractivity contribution >= 4 is 11.9 Å². The summed E-state index contributed by atoms with van der Waals surface area (Å²) >= 11 is 0. The lowest BCUT2D eigenvalue weighted by Crippen LogP contribution is -2.13. The quantitative estimate of drug-likeness (QED) is 0.696. The molecule has 80 valence electrons. The third-order valence-corrected chi connectivity index (χ3v) is 1.72. The normalized spacial score (nSPS) is 9.47. The number of esters is 2. The number of aromatic nitrogens is 1. The number of hydrogen-bond donors (Lipinski definition) is 0. The molecule has 0 amide bonds. The summed E-state index contributed by atoms with van der Waals surface area (Å²) in [4.78, 5) is 26.5. The third-order valence-electron chi connectivity index (χ3n) is 1.72. The van der Waals surface area contributed by atoms with Gasteiger partial charge in [-0.3, -0.25) is 4.98 Å². The monoisotopic (exact) mass is 209 g/mol. The Bertz CT molecular complexity index is 375. The Balaban J connectivity index is 3.06. The highest BCUT2D eigenvalue weighted by Gasteiger charge is 2.18. The highest BCUT2D eigenvalue weighted by atomic mass is 16.5. The summed E-state index contributed by atoms with van der Waals surface area (Å²) in [6, 6.07) is 1.41. The lowest BCUT2D eigenvalue weighted by molar-refractivity contribution is 0.0503. The molecule has 1 aromatic heterocycles. The first-order valence-electron chi connectivity index (χ1n) is 4.40. The predicted molar refractivity (Wildman–Crippen MR) is 51.5 cm³/mol. The summed E-state index contributed by atoms with van der Waals surface area (Å²) < 4.78 is 9.31. The summed E-state index contributed by atoms with van der Waals surface area (Å²) in [5.41, 5.74) is 0.275. The second-order valence-corrected chi connectivity index (χ2v) is 2.63. The van der Waals surface area contributed by atoms with Gasteiger partial charge in [-0.2, -0.15) is 0 Å². The lowest BCUT2D eigenvalue weighted by Gasteiger charge is -2.05. The van der Waals surface area contributed by atoms with Gasteiger partial charge in [0.2, 0.25) is 0 Å². The van der Waals surface area contributed by atoms with E-state index in [2.05, 4.69) is 9.72 Å². The van der Waals surface area contributed by atoms with Crippen molar-refractivity contribution in [2.75, 3.05) is 13.7 Å². The molecule has 0 radical (unpaired) electrons. The molecular formula is C10H11NO4. The van der Waals surface area contributed by atoms with Crippen LogP contribution in [0.5, 0.6) is 0 Å². The van der Waals surface area contributed by atoms with E-state index < -0.39 is 11.9 Å². The van der Waals surface area contributed by atoms with E-state index in [1.54, 1.807) is 6.92 Å². The second kappa shape index (κ2) is 5.09. The zero-order valence-corrected chi connectivity index (χ0v) is 8.52. The van der Waals surface area contributed by atoms with Gasteiger partial charge in [0, 0.05) is 12.4 Å². The van der Waals surface area contributed by atoms with Crippen molar-refractivity contribution in [3.8, 4) is 0 Å². The smallest absolute Gasteiger partial charge is 0.340 e. The van der Waals surface area contributed by atoms with Crippen LogP contribution >= 0.6 is 0 Å². The minimum atomic E-state index is -0.583. The molecule has 1 aromatic rings. The number of ether oxygens (including phenoxy) is 2. The van der Waals surface area contributed by atoms with E-state index in [1.807, 2.05) is 0 Å². The van der Waals surface area contributed by atoms with Gasteiger partial charge in [-0.1, -0.05) is 0 Å². The van der Waals surface area contributed by atoms with Gasteiger partial charge in [0.15, 0.2) is 0 Å². The first kappa shape index (κ1) is 11.2. The summed E-state index contributed by atoms with van der Waals surface area (Å²) in [7, 11) is 1.25. The Hall–Kier alpha value is -1.91. The fraction of sp³-hybridized carbons (Fsp3) is 0.300. The number of nitrogens with zero attached hydrogens (tertiary/aromatic N) is 1. The van der Waals surface area contributed by atoms with Crippen LogP contribution in [0.15, 0.2) is 18.5 Å². The van der Waals surface area contributed by atoms with E-state index in [4.69, 9.17) is 4.74 Å². The fourth-order valence-electron chi connectivity index (χ4n) is 1.05. The maximum Gasteiger partial charge on any atom is 0.340 e. The molecule has 0 atom stereocenters. The van der Waals surface area contributed by atoms with Crippen LogP contribution in [0, 0.1) is 0 Å². The molecule has 1 heterocycles. The molecule has 1 rings (SSSR count). The van der Waals surface area contributed by atoms with Gasteiger partial charge in [-0.05, 0) is 13.0 Å². The average molecular weight is 209 g/mol. The second-order valence-electron chi connectivity index (χ2n) is 2.63. The highest BCUT2D eigenvalue weighted by molar-refractivity contribution is 6.02. The van der Waals surface area contributed by atoms with Crippen LogP contribution in [-0.2, 0) is 9.47 Å². The summed E-state index contributed by atoms with van der Waals surface area (Å²) in [5, 5.41) is 0. The SMILES string of the molecule is CCOC(=O)c1cnccc1C(=O)OC. The van der Waals surface area contributed by atoms with E-state index >= 15 is 0 Å². The van der Waals surface area contributed by atoms with Crippen molar-refractivity contribution < 1.29 is 19.1 Å². The van der Waals surface area contributed by atoms with Crippen LogP contribution in [0.3, 0.4) is 0 Å². The van der Waals surface area contributed by atoms with Crippen molar-refractivity contribution in [1.29, 1.82) is 0 Å². The Labute approximate surface area is 87.0 Å². The fourth-order valence-corrected chi connectivity index (χ4v) is 1.05. The number of methoxy groups -OCH3 is 1. The molecule has 0 fully saturated rings. The number of rotatable bonds is 3. The number of hydrogen-bond acceptors (Lipinski definition) is 5. The maximum atomic E-state index is 11.4. The largest absolute Gasteiger partial charge is 0.465 e. The molecule has 15 heavy (non-hydrogen) atoms. The predicted octanol–water partition coefficient (Wildman–Crippen LogP) is 1.04. The van der Waals surface area contributed by atoms with E-state index in [1.165, 1.54) is 25.6 Å². The standard InChI is InChI=1S/C10H11NO4/c1-3-15-10(13)8-6-11-5-4-7(8)9(12)14-2/h4-6H,3H2,1-2H3. The molecule has 0 saturated carbocycles. The van der Waals surface area contributed by atoms with Crippen molar-refractivity contribution in [3.63, 3.8) is 0 Å². The minimum Gasteiger partial charge on any atom is -0.465 e. The molecule has 5 heteroatoms. The molecule has 0 unspecified atom stereocenters. The van der Waals surface area contributed by atoms with Gasteiger partial charge >= 0.3 is 11.9 Å².